The van der Waals surface area contributed by atoms with Crippen LogP contribution in [0.4, 0.5) is 0 Å². The first kappa shape index (κ1) is 41.8. The van der Waals surface area contributed by atoms with Crippen molar-refractivity contribution in [1.29, 1.82) is 0 Å². The van der Waals surface area contributed by atoms with Crippen LogP contribution in [0.1, 0.15) is 187 Å². The molecule has 3 atom stereocenters. The van der Waals surface area contributed by atoms with Gasteiger partial charge < -0.3 is 20.6 Å². The van der Waals surface area contributed by atoms with Crippen LogP contribution >= 0.6 is 0 Å². The van der Waals surface area contributed by atoms with E-state index in [1.165, 1.54) is 128 Å². The smallest absolute Gasteiger partial charge is 0.249 e. The second-order valence-corrected chi connectivity index (χ2v) is 12.8. The van der Waals surface area contributed by atoms with Gasteiger partial charge in [0.25, 0.3) is 0 Å². The first-order valence-corrected chi connectivity index (χ1v) is 18.7. The third kappa shape index (κ3) is 29.3. The summed E-state index contributed by atoms with van der Waals surface area (Å²) in [5, 5.41) is 32.9. The van der Waals surface area contributed by atoms with E-state index < -0.39 is 24.2 Å². The Labute approximate surface area is 267 Å². The second kappa shape index (κ2) is 33.7. The summed E-state index contributed by atoms with van der Waals surface area (Å²) in [6.45, 7) is 4.15. The number of allylic oxidation sites excluding steroid dienone is 3. The lowest BCUT2D eigenvalue weighted by molar-refractivity contribution is -0.131. The highest BCUT2D eigenvalue weighted by molar-refractivity contribution is 5.80. The Balaban J connectivity index is 3.76. The Kier molecular flexibility index (Phi) is 32.8. The molecule has 0 fully saturated rings. The van der Waals surface area contributed by atoms with Crippen molar-refractivity contribution in [1.82, 2.24) is 5.32 Å². The molecule has 0 saturated heterocycles. The Morgan fingerprint density at radius 1 is 0.558 bits per heavy atom. The minimum absolute atomic E-state index is 0.374. The van der Waals surface area contributed by atoms with Crippen LogP contribution in [0.5, 0.6) is 0 Å². The summed E-state index contributed by atoms with van der Waals surface area (Å²) in [4.78, 5) is 12.4. The maximum atomic E-state index is 12.4. The molecule has 0 saturated carbocycles. The van der Waals surface area contributed by atoms with Crippen molar-refractivity contribution in [3.8, 4) is 0 Å². The summed E-state index contributed by atoms with van der Waals surface area (Å²) in [6.07, 6.45) is 39.1. The van der Waals surface area contributed by atoms with Gasteiger partial charge in [0.15, 0.2) is 0 Å². The van der Waals surface area contributed by atoms with Gasteiger partial charge in [-0.05, 0) is 32.1 Å². The monoisotopic (exact) mass is 608 g/mol. The number of carbonyl (C=O) groups excluding carboxylic acids is 1. The van der Waals surface area contributed by atoms with Crippen molar-refractivity contribution in [2.45, 2.75) is 205 Å². The predicted molar refractivity (Wildman–Crippen MR) is 185 cm³/mol. The summed E-state index contributed by atoms with van der Waals surface area (Å²) < 4.78 is 0. The molecule has 0 aliphatic carbocycles. The second-order valence-electron chi connectivity index (χ2n) is 12.8. The van der Waals surface area contributed by atoms with E-state index in [4.69, 9.17) is 0 Å². The molecule has 0 aromatic rings. The normalized spacial score (nSPS) is 14.1. The van der Waals surface area contributed by atoms with Crippen molar-refractivity contribution in [2.24, 2.45) is 0 Å². The minimum Gasteiger partial charge on any atom is -0.394 e. The first-order valence-electron chi connectivity index (χ1n) is 18.7. The number of amides is 1. The van der Waals surface area contributed by atoms with E-state index in [-0.39, 0.29) is 6.61 Å². The van der Waals surface area contributed by atoms with Gasteiger partial charge in [-0.3, -0.25) is 4.79 Å². The first-order chi connectivity index (χ1) is 21.1. The van der Waals surface area contributed by atoms with Crippen LogP contribution in [-0.4, -0.2) is 46.1 Å². The third-order valence-electron chi connectivity index (χ3n) is 8.54. The number of aliphatic hydroxyl groups excluding tert-OH is 3. The number of nitrogens with one attached hydrogen (secondary N) is 1. The van der Waals surface area contributed by atoms with E-state index in [0.717, 1.165) is 38.5 Å². The summed E-state index contributed by atoms with van der Waals surface area (Å²) >= 11 is 0. The molecular weight excluding hydrogens is 534 g/mol. The van der Waals surface area contributed by atoms with Crippen LogP contribution in [0.15, 0.2) is 24.3 Å². The third-order valence-corrected chi connectivity index (χ3v) is 8.54. The van der Waals surface area contributed by atoms with Gasteiger partial charge in [-0.15, -0.1) is 0 Å². The molecule has 0 bridgehead atoms. The number of unbranched alkanes of at least 4 members (excludes halogenated alkanes) is 23. The molecule has 4 N–H and O–H groups in total. The lowest BCUT2D eigenvalue weighted by atomic mass is 10.0. The van der Waals surface area contributed by atoms with Gasteiger partial charge in [0.05, 0.1) is 18.8 Å². The standard InChI is InChI=1S/C38H73NO4/c1-3-5-7-9-11-13-15-17-18-19-21-23-25-27-29-31-33-37(42)38(43)39-35(34-40)36(41)32-30-28-26-24-22-20-16-14-12-10-8-6-4-2/h22,24,30,32,35-37,40-42H,3-21,23,25-29,31,33-34H2,1-2H3,(H,39,43)/b24-22-,32-30+/t35-,36+,37+/m0/s1. The number of carbonyl (C=O) groups is 1. The quantitative estimate of drug-likeness (QED) is 0.0441. The molecule has 1 amide bonds. The van der Waals surface area contributed by atoms with Gasteiger partial charge >= 0.3 is 0 Å². The molecule has 43 heavy (non-hydrogen) atoms. The highest BCUT2D eigenvalue weighted by Crippen LogP contribution is 2.15. The predicted octanol–water partition coefficient (Wildman–Crippen LogP) is 9.87. The van der Waals surface area contributed by atoms with Crippen molar-refractivity contribution < 1.29 is 20.1 Å². The fraction of sp³-hybridized carbons (Fsp3) is 0.868. The highest BCUT2D eigenvalue weighted by atomic mass is 16.3. The van der Waals surface area contributed by atoms with Gasteiger partial charge in [0, 0.05) is 0 Å². The van der Waals surface area contributed by atoms with E-state index in [1.807, 2.05) is 6.08 Å². The number of hydrogen-bond acceptors (Lipinski definition) is 4. The maximum Gasteiger partial charge on any atom is 0.249 e. The number of aliphatic hydroxyl groups is 3. The number of hydrogen-bond donors (Lipinski definition) is 4. The van der Waals surface area contributed by atoms with Crippen LogP contribution in [0.3, 0.4) is 0 Å². The summed E-state index contributed by atoms with van der Waals surface area (Å²) in [6, 6.07) is -0.808. The summed E-state index contributed by atoms with van der Waals surface area (Å²) in [7, 11) is 0. The van der Waals surface area contributed by atoms with Crippen LogP contribution in [0.25, 0.3) is 0 Å². The Morgan fingerprint density at radius 3 is 1.42 bits per heavy atom. The van der Waals surface area contributed by atoms with Crippen molar-refractivity contribution in [3.63, 3.8) is 0 Å². The SMILES string of the molecule is CCCCCCCCC/C=C\CC/C=C/[C@@H](O)[C@H](CO)NC(=O)[C@H](O)CCCCCCCCCCCCCCCCCC. The van der Waals surface area contributed by atoms with E-state index in [1.54, 1.807) is 6.08 Å². The van der Waals surface area contributed by atoms with Crippen LogP contribution < -0.4 is 5.32 Å². The molecule has 0 heterocycles. The average Bonchev–Trinajstić information content (AvgIpc) is 3.01. The molecule has 0 aromatic carbocycles. The topological polar surface area (TPSA) is 89.8 Å². The average molecular weight is 608 g/mol. The molecule has 0 spiro atoms. The molecule has 0 aromatic heterocycles. The van der Waals surface area contributed by atoms with Gasteiger partial charge in [-0.2, -0.15) is 0 Å². The Morgan fingerprint density at radius 2 is 0.953 bits per heavy atom. The summed E-state index contributed by atoms with van der Waals surface area (Å²) in [5.41, 5.74) is 0. The maximum absolute atomic E-state index is 12.4. The van der Waals surface area contributed by atoms with E-state index in [9.17, 15) is 20.1 Å². The molecule has 5 nitrogen and oxygen atoms in total. The molecule has 0 unspecified atom stereocenters. The minimum atomic E-state index is -1.10. The van der Waals surface area contributed by atoms with Gasteiger partial charge in [0.2, 0.25) is 5.91 Å². The zero-order valence-corrected chi connectivity index (χ0v) is 28.6. The molecule has 0 radical (unpaired) electrons. The molecular formula is C38H73NO4. The van der Waals surface area contributed by atoms with Crippen LogP contribution in [0.2, 0.25) is 0 Å². The largest absolute Gasteiger partial charge is 0.394 e. The van der Waals surface area contributed by atoms with E-state index >= 15 is 0 Å². The fourth-order valence-electron chi connectivity index (χ4n) is 5.55. The lowest BCUT2D eigenvalue weighted by Crippen LogP contribution is -2.48. The van der Waals surface area contributed by atoms with Crippen molar-refractivity contribution in [3.05, 3.63) is 24.3 Å². The zero-order chi connectivity index (χ0) is 31.6. The van der Waals surface area contributed by atoms with Crippen LogP contribution in [-0.2, 0) is 4.79 Å². The van der Waals surface area contributed by atoms with Crippen molar-refractivity contribution >= 4 is 5.91 Å². The van der Waals surface area contributed by atoms with Gasteiger partial charge in [-0.25, -0.2) is 0 Å². The molecule has 0 aliphatic heterocycles. The molecule has 0 rings (SSSR count). The van der Waals surface area contributed by atoms with Gasteiger partial charge in [0.1, 0.15) is 6.10 Å². The van der Waals surface area contributed by atoms with Crippen LogP contribution in [0, 0.1) is 0 Å². The molecule has 254 valence electrons. The molecule has 5 heteroatoms. The zero-order valence-electron chi connectivity index (χ0n) is 28.6. The fourth-order valence-corrected chi connectivity index (χ4v) is 5.55. The Hall–Kier alpha value is -1.17. The lowest BCUT2D eigenvalue weighted by Gasteiger charge is -2.21. The molecule has 0 aliphatic rings. The summed E-state index contributed by atoms with van der Waals surface area (Å²) in [5.74, 6) is -0.513. The van der Waals surface area contributed by atoms with E-state index in [2.05, 4.69) is 31.3 Å². The van der Waals surface area contributed by atoms with Crippen molar-refractivity contribution in [2.75, 3.05) is 6.61 Å². The van der Waals surface area contributed by atoms with Gasteiger partial charge in [-0.1, -0.05) is 179 Å². The highest BCUT2D eigenvalue weighted by Gasteiger charge is 2.22. The Bertz CT molecular complexity index is 635. The van der Waals surface area contributed by atoms with E-state index in [0.29, 0.717) is 6.42 Å². The number of rotatable bonds is 33.